The molecule has 4 aliphatic heterocycles. The van der Waals surface area contributed by atoms with Crippen LogP contribution in [0.15, 0.2) is 58.4 Å². The number of rotatable bonds is 16. The Balaban J connectivity index is 0.000000181. The number of Topliss-reactive ketones (excluding diaryl/α,β-unsaturated/α-hetero) is 2. The third-order valence-corrected chi connectivity index (χ3v) is 15.2. The molecule has 6 heterocycles. The predicted molar refractivity (Wildman–Crippen MR) is 263 cm³/mol. The highest BCUT2D eigenvalue weighted by molar-refractivity contribution is 5.95. The summed E-state index contributed by atoms with van der Waals surface area (Å²) in [5.74, 6) is 1.26. The van der Waals surface area contributed by atoms with Crippen molar-refractivity contribution in [1.82, 2.24) is 9.35 Å². The molecular weight excluding hydrogens is 865 g/mol. The number of hydrogen-bond donors (Lipinski definition) is 0. The lowest BCUT2D eigenvalue weighted by atomic mass is 9.75. The Kier molecular flexibility index (Phi) is 13.9. The first kappa shape index (κ1) is 49.2. The van der Waals surface area contributed by atoms with Crippen molar-refractivity contribution in [2.45, 2.75) is 136 Å². The molecular formula is C54H70N4O10. The number of benzene rings is 2. The molecule has 0 unspecified atom stereocenters. The molecule has 0 N–H and O–H groups in total. The summed E-state index contributed by atoms with van der Waals surface area (Å²) >= 11 is 0. The van der Waals surface area contributed by atoms with Crippen molar-refractivity contribution in [3.05, 3.63) is 103 Å². The predicted octanol–water partition coefficient (Wildman–Crippen LogP) is 8.86. The van der Waals surface area contributed by atoms with Crippen LogP contribution in [-0.2, 0) is 32.2 Å². The van der Waals surface area contributed by atoms with E-state index in [0.29, 0.717) is 39.6 Å². The van der Waals surface area contributed by atoms with Gasteiger partial charge >= 0.3 is 0 Å². The van der Waals surface area contributed by atoms with Crippen molar-refractivity contribution in [3.8, 4) is 34.0 Å². The first-order valence-corrected chi connectivity index (χ1v) is 23.9. The van der Waals surface area contributed by atoms with E-state index < -0.39 is 0 Å². The largest absolute Gasteiger partial charge is 0.493 e. The van der Waals surface area contributed by atoms with Crippen LogP contribution in [0.3, 0.4) is 0 Å². The van der Waals surface area contributed by atoms with E-state index in [1.54, 1.807) is 53.0 Å². The summed E-state index contributed by atoms with van der Waals surface area (Å²) in [7, 11) is 6.78. The second-order valence-corrected chi connectivity index (χ2v) is 20.2. The quantitative estimate of drug-likeness (QED) is 0.0783. The number of carbonyl (C=O) groups excluding carboxylic acids is 2. The second kappa shape index (κ2) is 19.3. The van der Waals surface area contributed by atoms with Gasteiger partial charge in [-0.1, -0.05) is 7.43 Å². The normalized spacial score (nSPS) is 20.0. The van der Waals surface area contributed by atoms with Gasteiger partial charge in [-0.15, -0.1) is 0 Å². The van der Waals surface area contributed by atoms with Crippen molar-refractivity contribution < 1.29 is 38.0 Å². The lowest BCUT2D eigenvalue weighted by Crippen LogP contribution is -2.57. The first-order valence-electron chi connectivity index (χ1n) is 23.9. The number of pyridine rings is 2. The molecule has 6 aliphatic rings. The maximum absolute atomic E-state index is 12.8. The highest BCUT2D eigenvalue weighted by atomic mass is 16.5. The second-order valence-electron chi connectivity index (χ2n) is 20.2. The van der Waals surface area contributed by atoms with Crippen molar-refractivity contribution in [3.63, 3.8) is 0 Å². The molecule has 4 fully saturated rings. The fourth-order valence-electron chi connectivity index (χ4n) is 11.4. The van der Waals surface area contributed by atoms with E-state index in [1.165, 1.54) is 25.8 Å². The molecule has 14 heteroatoms. The fourth-order valence-corrected chi connectivity index (χ4v) is 11.4. The minimum Gasteiger partial charge on any atom is -0.493 e. The van der Waals surface area contributed by atoms with Crippen LogP contribution in [0.5, 0.6) is 11.5 Å². The third-order valence-electron chi connectivity index (χ3n) is 15.2. The summed E-state index contributed by atoms with van der Waals surface area (Å²) in [6.07, 6.45) is 14.2. The molecule has 4 aromatic rings. The summed E-state index contributed by atoms with van der Waals surface area (Å²) in [5.41, 5.74) is 8.01. The Labute approximate surface area is 400 Å². The van der Waals surface area contributed by atoms with Crippen LogP contribution in [0.4, 0.5) is 0 Å². The molecule has 2 aliphatic carbocycles. The van der Waals surface area contributed by atoms with Gasteiger partial charge in [0.15, 0.2) is 22.4 Å². The number of carbonyl (C=O) groups is 2. The summed E-state index contributed by atoms with van der Waals surface area (Å²) < 4.78 is 38.3. The Hall–Kier alpha value is -5.28. The topological polar surface area (TPSA) is 140 Å². The standard InChI is InChI=1S/C27H34N2O5.C26H32N2O5.CH4/c1-17(30)21-13-28-23(12-24(21)31)19-10-18(14-32-4)25(34-16-27(8-9-27)15-33-5)11-20(19)22-6-7-26(2,3)29(22)28;1-17(29)21-15-27-23(14-24(21)30)19-12-18(16-32-3)25(33-11-5-10-31-2)13-20(19)22-6-9-26(28(22)27)7-4-8-26;/h10-13,22H,6-9,14-16H2,1-5H3;12-15,22H,4-11,16H2,1-3H3;1H4/t2*22-;/m11./s1. The number of ketones is 2. The van der Waals surface area contributed by atoms with Gasteiger partial charge in [0, 0.05) is 93.7 Å². The van der Waals surface area contributed by atoms with Crippen molar-refractivity contribution in [2.24, 2.45) is 5.41 Å². The van der Waals surface area contributed by atoms with Gasteiger partial charge in [-0.3, -0.25) is 38.5 Å². The molecule has 0 radical (unpaired) electrons. The summed E-state index contributed by atoms with van der Waals surface area (Å²) in [6, 6.07) is 12.1. The SMILES string of the molecule is C.COCCCOc1cc2c(cc1COC)-c1cc(=O)c(C(C)=O)cn1N1[C@@H]2CCC12CCC2.COCc1cc2c(cc1OCC1(COC)CC1)[C@H]1CCC(C)(C)N1n1cc(C(C)=O)c(=O)cc1-2. The van der Waals surface area contributed by atoms with Gasteiger partial charge in [0.05, 0.1) is 78.7 Å². The zero-order chi connectivity index (χ0) is 47.4. The minimum atomic E-state index is -0.246. The Morgan fingerprint density at radius 3 is 1.63 bits per heavy atom. The van der Waals surface area contributed by atoms with Crippen LogP contribution in [0, 0.1) is 5.41 Å². The number of hydrogen-bond acceptors (Lipinski definition) is 12. The van der Waals surface area contributed by atoms with Gasteiger partial charge in [0.2, 0.25) is 0 Å². The van der Waals surface area contributed by atoms with Gasteiger partial charge in [-0.2, -0.15) is 0 Å². The molecule has 2 aromatic carbocycles. The first-order chi connectivity index (χ1) is 32.2. The van der Waals surface area contributed by atoms with Crippen molar-refractivity contribution in [2.75, 3.05) is 64.9 Å². The Morgan fingerprint density at radius 1 is 0.618 bits per heavy atom. The Morgan fingerprint density at radius 2 is 1.15 bits per heavy atom. The zero-order valence-corrected chi connectivity index (χ0v) is 40.5. The maximum Gasteiger partial charge on any atom is 0.193 e. The van der Waals surface area contributed by atoms with Crippen molar-refractivity contribution in [1.29, 1.82) is 0 Å². The lowest BCUT2D eigenvalue weighted by Gasteiger charge is -2.52. The molecule has 1 spiro atoms. The van der Waals surface area contributed by atoms with Crippen LogP contribution >= 0.6 is 0 Å². The van der Waals surface area contributed by atoms with E-state index >= 15 is 0 Å². The van der Waals surface area contributed by atoms with E-state index in [-0.39, 0.29) is 69.6 Å². The number of methoxy groups -OCH3 is 4. The minimum absolute atomic E-state index is 0. The number of aromatic nitrogens is 2. The van der Waals surface area contributed by atoms with Gasteiger partial charge in [0.1, 0.15) is 11.5 Å². The van der Waals surface area contributed by atoms with Gasteiger partial charge < -0.3 is 28.4 Å². The van der Waals surface area contributed by atoms with E-state index in [4.69, 9.17) is 28.4 Å². The molecule has 366 valence electrons. The van der Waals surface area contributed by atoms with Crippen molar-refractivity contribution >= 4 is 11.6 Å². The van der Waals surface area contributed by atoms with Crippen LogP contribution in [0.1, 0.15) is 154 Å². The smallest absolute Gasteiger partial charge is 0.193 e. The monoisotopic (exact) mass is 935 g/mol. The average molecular weight is 935 g/mol. The molecule has 2 atom stereocenters. The number of nitrogens with zero attached hydrogens (tertiary/aromatic N) is 4. The molecule has 2 saturated carbocycles. The average Bonchev–Trinajstić information content (AvgIpc) is 3.79. The molecule has 10 rings (SSSR count). The molecule has 2 aromatic heterocycles. The van der Waals surface area contributed by atoms with Crippen LogP contribution < -0.4 is 30.3 Å². The maximum atomic E-state index is 12.8. The lowest BCUT2D eigenvalue weighted by molar-refractivity contribution is 0.100. The molecule has 68 heavy (non-hydrogen) atoms. The summed E-state index contributed by atoms with van der Waals surface area (Å²) in [4.78, 5) is 50.0. The molecule has 0 bridgehead atoms. The molecule has 0 amide bonds. The zero-order valence-electron chi connectivity index (χ0n) is 40.5. The van der Waals surface area contributed by atoms with Gasteiger partial charge in [0.25, 0.3) is 0 Å². The Bertz CT molecular complexity index is 2690. The van der Waals surface area contributed by atoms with E-state index in [0.717, 1.165) is 108 Å². The number of fused-ring (bicyclic) bond motifs is 13. The summed E-state index contributed by atoms with van der Waals surface area (Å²) in [6.45, 7) is 10.7. The van der Waals surface area contributed by atoms with E-state index in [1.807, 2.05) is 4.68 Å². The van der Waals surface area contributed by atoms with Crippen LogP contribution in [0.2, 0.25) is 0 Å². The highest BCUT2D eigenvalue weighted by Crippen LogP contribution is 2.56. The number of ether oxygens (including phenoxy) is 6. The fraction of sp³-hybridized carbons (Fsp3) is 0.556. The third kappa shape index (κ3) is 8.71. The van der Waals surface area contributed by atoms with E-state index in [2.05, 4.69) is 52.8 Å². The molecule has 14 nitrogen and oxygen atoms in total. The van der Waals surface area contributed by atoms with E-state index in [9.17, 15) is 19.2 Å². The van der Waals surface area contributed by atoms with Gasteiger partial charge in [-0.25, -0.2) is 0 Å². The van der Waals surface area contributed by atoms with Gasteiger partial charge in [-0.05, 0) is 121 Å². The van der Waals surface area contributed by atoms with Crippen LogP contribution in [0.25, 0.3) is 22.5 Å². The highest BCUT2D eigenvalue weighted by Gasteiger charge is 2.53. The summed E-state index contributed by atoms with van der Waals surface area (Å²) in [5, 5.41) is 4.77. The molecule has 2 saturated heterocycles. The van der Waals surface area contributed by atoms with Crippen LogP contribution in [-0.4, -0.2) is 86.9 Å².